The molecular weight excluding hydrogens is 401 g/mol. The summed E-state index contributed by atoms with van der Waals surface area (Å²) in [6.07, 6.45) is 2.39. The van der Waals surface area contributed by atoms with Gasteiger partial charge in [0.2, 0.25) is 0 Å². The first-order valence-electron chi connectivity index (χ1n) is 8.90. The van der Waals surface area contributed by atoms with Crippen molar-refractivity contribution in [2.75, 3.05) is 0 Å². The number of fused-ring (bicyclic) bond motifs is 1. The maximum atomic E-state index is 14.4. The number of halogens is 3. The molecular formula is C19H15F3N6O2. The van der Waals surface area contributed by atoms with Gasteiger partial charge in [-0.15, -0.1) is 5.10 Å². The van der Waals surface area contributed by atoms with E-state index in [1.807, 2.05) is 0 Å². The van der Waals surface area contributed by atoms with Crippen LogP contribution in [0.15, 0.2) is 53.8 Å². The van der Waals surface area contributed by atoms with Gasteiger partial charge in [-0.25, -0.2) is 27.5 Å². The quantitative estimate of drug-likeness (QED) is 0.515. The van der Waals surface area contributed by atoms with E-state index in [2.05, 4.69) is 20.4 Å². The summed E-state index contributed by atoms with van der Waals surface area (Å²) in [5, 5.41) is 22.6. The minimum atomic E-state index is -1.87. The van der Waals surface area contributed by atoms with Gasteiger partial charge in [-0.05, 0) is 18.2 Å². The highest BCUT2D eigenvalue weighted by Crippen LogP contribution is 2.30. The number of nitrogens with zero attached hydrogens (tertiary/aromatic N) is 6. The van der Waals surface area contributed by atoms with Gasteiger partial charge in [0.1, 0.15) is 35.4 Å². The lowest BCUT2D eigenvalue weighted by Crippen LogP contribution is -2.36. The SMILES string of the molecule is O=c1c2cccc(F)c2nnn1CCC(O)(Cn1cncn1)c1ccc(F)cc1F. The van der Waals surface area contributed by atoms with Crippen LogP contribution < -0.4 is 5.56 Å². The summed E-state index contributed by atoms with van der Waals surface area (Å²) in [6, 6.07) is 6.76. The summed E-state index contributed by atoms with van der Waals surface area (Å²) < 4.78 is 43.8. The van der Waals surface area contributed by atoms with Crippen LogP contribution in [0, 0.1) is 17.5 Å². The number of hydrogen-bond acceptors (Lipinski definition) is 6. The van der Waals surface area contributed by atoms with E-state index in [4.69, 9.17) is 0 Å². The van der Waals surface area contributed by atoms with E-state index < -0.39 is 28.6 Å². The van der Waals surface area contributed by atoms with Gasteiger partial charge in [0.25, 0.3) is 5.56 Å². The van der Waals surface area contributed by atoms with Crippen molar-refractivity contribution < 1.29 is 18.3 Å². The lowest BCUT2D eigenvalue weighted by atomic mass is 9.89. The van der Waals surface area contributed by atoms with Crippen LogP contribution in [-0.4, -0.2) is 34.9 Å². The smallest absolute Gasteiger partial charge is 0.277 e. The van der Waals surface area contributed by atoms with Gasteiger partial charge in [-0.1, -0.05) is 17.3 Å². The van der Waals surface area contributed by atoms with Crippen LogP contribution in [0.4, 0.5) is 13.2 Å². The van der Waals surface area contributed by atoms with Crippen LogP contribution in [-0.2, 0) is 18.7 Å². The van der Waals surface area contributed by atoms with Gasteiger partial charge >= 0.3 is 0 Å². The average molecular weight is 416 g/mol. The maximum absolute atomic E-state index is 14.4. The van der Waals surface area contributed by atoms with Crippen LogP contribution in [0.5, 0.6) is 0 Å². The highest BCUT2D eigenvalue weighted by atomic mass is 19.1. The minimum Gasteiger partial charge on any atom is -0.383 e. The van der Waals surface area contributed by atoms with Gasteiger partial charge in [-0.2, -0.15) is 5.10 Å². The lowest BCUT2D eigenvalue weighted by molar-refractivity contribution is -0.00227. The van der Waals surface area contributed by atoms with Crippen molar-refractivity contribution in [3.63, 3.8) is 0 Å². The highest BCUT2D eigenvalue weighted by Gasteiger charge is 2.33. The Labute approximate surface area is 167 Å². The molecule has 4 aromatic rings. The number of rotatable bonds is 6. The number of aryl methyl sites for hydroxylation is 1. The first-order chi connectivity index (χ1) is 14.4. The van der Waals surface area contributed by atoms with Crippen molar-refractivity contribution in [1.29, 1.82) is 0 Å². The predicted molar refractivity (Wildman–Crippen MR) is 98.6 cm³/mol. The van der Waals surface area contributed by atoms with Crippen molar-refractivity contribution in [2.45, 2.75) is 25.1 Å². The monoisotopic (exact) mass is 416 g/mol. The molecule has 1 unspecified atom stereocenters. The Bertz CT molecular complexity index is 1260. The normalized spacial score (nSPS) is 13.5. The molecule has 0 saturated carbocycles. The second-order valence-corrected chi connectivity index (χ2v) is 6.75. The molecule has 2 aromatic carbocycles. The topological polar surface area (TPSA) is 98.7 Å². The van der Waals surface area contributed by atoms with Gasteiger partial charge in [0.15, 0.2) is 5.82 Å². The third kappa shape index (κ3) is 3.66. The molecule has 2 heterocycles. The molecule has 30 heavy (non-hydrogen) atoms. The Morgan fingerprint density at radius 2 is 1.93 bits per heavy atom. The number of hydrogen-bond donors (Lipinski definition) is 1. The van der Waals surface area contributed by atoms with Crippen molar-refractivity contribution in [3.8, 4) is 0 Å². The molecule has 11 heteroatoms. The molecule has 2 aromatic heterocycles. The standard InChI is InChI=1S/C19H15F3N6O2/c20-12-4-5-14(16(22)8-12)19(30,9-27-11-23-10-24-27)6-7-28-18(29)13-2-1-3-15(21)17(13)25-26-28/h1-5,8,10-11,30H,6-7,9H2. The minimum absolute atomic E-state index is 0.0257. The van der Waals surface area contributed by atoms with Crippen molar-refractivity contribution in [1.82, 2.24) is 29.8 Å². The summed E-state index contributed by atoms with van der Waals surface area (Å²) in [7, 11) is 0. The van der Waals surface area contributed by atoms with Crippen LogP contribution in [0.25, 0.3) is 10.9 Å². The summed E-state index contributed by atoms with van der Waals surface area (Å²) in [5.41, 5.74) is -2.82. The van der Waals surface area contributed by atoms with Crippen molar-refractivity contribution >= 4 is 10.9 Å². The lowest BCUT2D eigenvalue weighted by Gasteiger charge is -2.29. The van der Waals surface area contributed by atoms with E-state index in [0.29, 0.717) is 6.07 Å². The second kappa shape index (κ2) is 7.67. The molecule has 0 fully saturated rings. The zero-order valence-electron chi connectivity index (χ0n) is 15.4. The Kier molecular flexibility index (Phi) is 5.04. The van der Waals surface area contributed by atoms with Crippen molar-refractivity contribution in [3.05, 3.63) is 82.4 Å². The van der Waals surface area contributed by atoms with Crippen LogP contribution >= 0.6 is 0 Å². The molecule has 0 radical (unpaired) electrons. The third-order valence-electron chi connectivity index (χ3n) is 4.76. The molecule has 8 nitrogen and oxygen atoms in total. The van der Waals surface area contributed by atoms with Gasteiger partial charge in [0, 0.05) is 24.6 Å². The summed E-state index contributed by atoms with van der Waals surface area (Å²) in [6.45, 7) is -0.375. The molecule has 154 valence electrons. The summed E-state index contributed by atoms with van der Waals surface area (Å²) >= 11 is 0. The Balaban J connectivity index is 1.70. The fourth-order valence-corrected chi connectivity index (χ4v) is 3.25. The molecule has 0 aliphatic carbocycles. The number of aromatic nitrogens is 6. The molecule has 0 aliphatic heterocycles. The fourth-order valence-electron chi connectivity index (χ4n) is 3.25. The average Bonchev–Trinajstić information content (AvgIpc) is 3.20. The zero-order chi connectivity index (χ0) is 21.3. The fraction of sp³-hybridized carbons (Fsp3) is 0.211. The Morgan fingerprint density at radius 3 is 2.67 bits per heavy atom. The van der Waals surface area contributed by atoms with Crippen LogP contribution in [0.2, 0.25) is 0 Å². The predicted octanol–water partition coefficient (Wildman–Crippen LogP) is 1.78. The maximum Gasteiger partial charge on any atom is 0.277 e. The van der Waals surface area contributed by atoms with Crippen LogP contribution in [0.1, 0.15) is 12.0 Å². The summed E-state index contributed by atoms with van der Waals surface area (Å²) in [4.78, 5) is 16.4. The first kappa shape index (κ1) is 19.7. The van der Waals surface area contributed by atoms with Crippen LogP contribution in [0.3, 0.4) is 0 Å². The van der Waals surface area contributed by atoms with E-state index in [1.54, 1.807) is 0 Å². The zero-order valence-corrected chi connectivity index (χ0v) is 15.4. The first-order valence-corrected chi connectivity index (χ1v) is 8.90. The Hall–Kier alpha value is -3.60. The van der Waals surface area contributed by atoms with E-state index in [0.717, 1.165) is 22.9 Å². The molecule has 0 bridgehead atoms. The number of benzene rings is 2. The molecule has 1 atom stereocenters. The molecule has 4 rings (SSSR count). The van der Waals surface area contributed by atoms with E-state index >= 15 is 0 Å². The van der Waals surface area contributed by atoms with Gasteiger partial charge in [0.05, 0.1) is 11.9 Å². The van der Waals surface area contributed by atoms with Gasteiger partial charge < -0.3 is 5.11 Å². The molecule has 0 spiro atoms. The van der Waals surface area contributed by atoms with E-state index in [-0.39, 0.29) is 36.0 Å². The van der Waals surface area contributed by atoms with E-state index in [9.17, 15) is 23.1 Å². The molecule has 0 amide bonds. The Morgan fingerprint density at radius 1 is 1.10 bits per heavy atom. The van der Waals surface area contributed by atoms with E-state index in [1.165, 1.54) is 29.5 Å². The highest BCUT2D eigenvalue weighted by molar-refractivity contribution is 5.77. The van der Waals surface area contributed by atoms with Crippen molar-refractivity contribution in [2.24, 2.45) is 0 Å². The molecule has 0 saturated heterocycles. The molecule has 0 aliphatic rings. The largest absolute Gasteiger partial charge is 0.383 e. The second-order valence-electron chi connectivity index (χ2n) is 6.75. The summed E-state index contributed by atoms with van der Waals surface area (Å²) in [5.74, 6) is -2.42. The number of aliphatic hydroxyl groups is 1. The van der Waals surface area contributed by atoms with Gasteiger partial charge in [-0.3, -0.25) is 4.79 Å². The molecule has 1 N–H and O–H groups in total. The third-order valence-corrected chi connectivity index (χ3v) is 4.76.